The summed E-state index contributed by atoms with van der Waals surface area (Å²) >= 11 is 0. The van der Waals surface area contributed by atoms with Crippen LogP contribution in [0.2, 0.25) is 0 Å². The third-order valence-electron chi connectivity index (χ3n) is 1.74. The van der Waals surface area contributed by atoms with Crippen molar-refractivity contribution in [3.63, 3.8) is 0 Å². The molecule has 0 aliphatic carbocycles. The molecule has 1 aromatic rings. The molecular weight excluding hydrogens is 196 g/mol. The average Bonchev–Trinajstić information content (AvgIpc) is 2.14. The van der Waals surface area contributed by atoms with Crippen LogP contribution in [0, 0.1) is 0 Å². The molecule has 0 saturated carbocycles. The first-order valence-electron chi connectivity index (χ1n) is 4.69. The van der Waals surface area contributed by atoms with Crippen LogP contribution < -0.4 is 4.74 Å². The van der Waals surface area contributed by atoms with Crippen molar-refractivity contribution in [1.82, 2.24) is 0 Å². The van der Waals surface area contributed by atoms with E-state index in [0.29, 0.717) is 11.3 Å². The molecule has 0 heterocycles. The second-order valence-corrected chi connectivity index (χ2v) is 3.38. The highest BCUT2D eigenvalue weighted by Gasteiger charge is 2.02. The Balaban J connectivity index is 2.61. The Morgan fingerprint density at radius 2 is 2.27 bits per heavy atom. The summed E-state index contributed by atoms with van der Waals surface area (Å²) in [6.07, 6.45) is -0.556. The van der Waals surface area contributed by atoms with E-state index in [-0.39, 0.29) is 13.0 Å². The number of carboxylic acids is 1. The molecule has 0 saturated heterocycles. The maximum Gasteiger partial charge on any atom is 0.307 e. The molecule has 4 nitrogen and oxygen atoms in total. The van der Waals surface area contributed by atoms with Crippen LogP contribution in [0.4, 0.5) is 0 Å². The zero-order valence-electron chi connectivity index (χ0n) is 8.51. The van der Waals surface area contributed by atoms with Gasteiger partial charge in [-0.2, -0.15) is 0 Å². The number of benzene rings is 1. The second-order valence-electron chi connectivity index (χ2n) is 3.38. The third-order valence-corrected chi connectivity index (χ3v) is 1.74. The van der Waals surface area contributed by atoms with Crippen molar-refractivity contribution in [2.45, 2.75) is 19.4 Å². The highest BCUT2D eigenvalue weighted by Crippen LogP contribution is 2.14. The predicted octanol–water partition coefficient (Wildman–Crippen LogP) is 1.07. The van der Waals surface area contributed by atoms with Crippen LogP contribution in [0.5, 0.6) is 5.75 Å². The van der Waals surface area contributed by atoms with E-state index >= 15 is 0 Å². The monoisotopic (exact) mass is 210 g/mol. The van der Waals surface area contributed by atoms with E-state index in [0.717, 1.165) is 0 Å². The first kappa shape index (κ1) is 11.5. The van der Waals surface area contributed by atoms with E-state index in [2.05, 4.69) is 0 Å². The number of carboxylic acid groups (broad SMARTS) is 1. The van der Waals surface area contributed by atoms with Gasteiger partial charge in [0.1, 0.15) is 12.4 Å². The first-order valence-corrected chi connectivity index (χ1v) is 4.69. The summed E-state index contributed by atoms with van der Waals surface area (Å²) in [4.78, 5) is 10.5. The Kier molecular flexibility index (Phi) is 4.12. The Hall–Kier alpha value is -1.55. The molecule has 2 N–H and O–H groups in total. The zero-order chi connectivity index (χ0) is 11.3. The smallest absolute Gasteiger partial charge is 0.307 e. The molecule has 1 atom stereocenters. The summed E-state index contributed by atoms with van der Waals surface area (Å²) < 4.78 is 5.25. The SMILES string of the molecule is CC(O)COc1cccc(CC(=O)O)c1. The lowest BCUT2D eigenvalue weighted by atomic mass is 10.1. The number of aliphatic hydroxyl groups is 1. The summed E-state index contributed by atoms with van der Waals surface area (Å²) in [7, 11) is 0. The maximum atomic E-state index is 10.5. The minimum absolute atomic E-state index is 0.0219. The van der Waals surface area contributed by atoms with Gasteiger partial charge in [0.25, 0.3) is 0 Å². The quantitative estimate of drug-likeness (QED) is 0.763. The highest BCUT2D eigenvalue weighted by molar-refractivity contribution is 5.70. The molecule has 0 aliphatic rings. The van der Waals surface area contributed by atoms with Gasteiger partial charge in [-0.3, -0.25) is 4.79 Å². The zero-order valence-corrected chi connectivity index (χ0v) is 8.51. The van der Waals surface area contributed by atoms with Gasteiger partial charge in [-0.05, 0) is 24.6 Å². The highest BCUT2D eigenvalue weighted by atomic mass is 16.5. The van der Waals surface area contributed by atoms with Gasteiger partial charge in [0.05, 0.1) is 12.5 Å². The molecule has 0 amide bonds. The molecular formula is C11H14O4. The Bertz CT molecular complexity index is 333. The molecule has 82 valence electrons. The number of rotatable bonds is 5. The number of hydrogen-bond acceptors (Lipinski definition) is 3. The van der Waals surface area contributed by atoms with Crippen LogP contribution in [0.25, 0.3) is 0 Å². The lowest BCUT2D eigenvalue weighted by Crippen LogP contribution is -2.12. The largest absolute Gasteiger partial charge is 0.491 e. The van der Waals surface area contributed by atoms with Gasteiger partial charge in [-0.25, -0.2) is 0 Å². The fraction of sp³-hybridized carbons (Fsp3) is 0.364. The lowest BCUT2D eigenvalue weighted by Gasteiger charge is -2.08. The summed E-state index contributed by atoms with van der Waals surface area (Å²) in [6.45, 7) is 1.83. The van der Waals surface area contributed by atoms with Crippen molar-refractivity contribution >= 4 is 5.97 Å². The van der Waals surface area contributed by atoms with Crippen molar-refractivity contribution < 1.29 is 19.7 Å². The van der Waals surface area contributed by atoms with Gasteiger partial charge in [-0.15, -0.1) is 0 Å². The predicted molar refractivity (Wildman–Crippen MR) is 55.0 cm³/mol. The Labute approximate surface area is 88.1 Å². The number of carbonyl (C=O) groups is 1. The van der Waals surface area contributed by atoms with Crippen LogP contribution >= 0.6 is 0 Å². The minimum Gasteiger partial charge on any atom is -0.491 e. The molecule has 0 fully saturated rings. The van der Waals surface area contributed by atoms with Crippen molar-refractivity contribution in [1.29, 1.82) is 0 Å². The number of aliphatic hydroxyl groups excluding tert-OH is 1. The van der Waals surface area contributed by atoms with Gasteiger partial charge < -0.3 is 14.9 Å². The van der Waals surface area contributed by atoms with Gasteiger partial charge in [0.2, 0.25) is 0 Å². The Morgan fingerprint density at radius 3 is 2.87 bits per heavy atom. The third kappa shape index (κ3) is 4.46. The van der Waals surface area contributed by atoms with E-state index in [9.17, 15) is 4.79 Å². The second kappa shape index (κ2) is 5.36. The number of aliphatic carboxylic acids is 1. The van der Waals surface area contributed by atoms with E-state index in [1.165, 1.54) is 0 Å². The molecule has 15 heavy (non-hydrogen) atoms. The summed E-state index contributed by atoms with van der Waals surface area (Å²) in [5.74, 6) is -0.294. The van der Waals surface area contributed by atoms with Crippen LogP contribution in [0.1, 0.15) is 12.5 Å². The van der Waals surface area contributed by atoms with Crippen LogP contribution in [-0.4, -0.2) is 28.9 Å². The van der Waals surface area contributed by atoms with Crippen LogP contribution in [0.15, 0.2) is 24.3 Å². The molecule has 1 unspecified atom stereocenters. The molecule has 0 aliphatic heterocycles. The molecule has 0 aromatic heterocycles. The van der Waals surface area contributed by atoms with Crippen molar-refractivity contribution in [3.8, 4) is 5.75 Å². The fourth-order valence-electron chi connectivity index (χ4n) is 1.14. The molecule has 0 radical (unpaired) electrons. The van der Waals surface area contributed by atoms with Crippen LogP contribution in [0.3, 0.4) is 0 Å². The summed E-state index contributed by atoms with van der Waals surface area (Å²) in [5.41, 5.74) is 0.686. The fourth-order valence-corrected chi connectivity index (χ4v) is 1.14. The normalized spacial score (nSPS) is 12.1. The van der Waals surface area contributed by atoms with Gasteiger partial charge in [0, 0.05) is 0 Å². The maximum absolute atomic E-state index is 10.5. The molecule has 1 aromatic carbocycles. The van der Waals surface area contributed by atoms with Gasteiger partial charge in [-0.1, -0.05) is 12.1 Å². The molecule has 0 bridgehead atoms. The van der Waals surface area contributed by atoms with Crippen molar-refractivity contribution in [2.24, 2.45) is 0 Å². The molecule has 1 rings (SSSR count). The standard InChI is InChI=1S/C11H14O4/c1-8(12)7-15-10-4-2-3-9(5-10)6-11(13)14/h2-5,8,12H,6-7H2,1H3,(H,13,14). The number of ether oxygens (including phenoxy) is 1. The first-order chi connectivity index (χ1) is 7.08. The summed E-state index contributed by atoms with van der Waals surface area (Å²) in [5, 5.41) is 17.6. The van der Waals surface area contributed by atoms with E-state index in [4.69, 9.17) is 14.9 Å². The topological polar surface area (TPSA) is 66.8 Å². The van der Waals surface area contributed by atoms with Crippen molar-refractivity contribution in [3.05, 3.63) is 29.8 Å². The van der Waals surface area contributed by atoms with E-state index < -0.39 is 12.1 Å². The van der Waals surface area contributed by atoms with Gasteiger partial charge in [0.15, 0.2) is 0 Å². The molecule has 4 heteroatoms. The van der Waals surface area contributed by atoms with Gasteiger partial charge >= 0.3 is 5.97 Å². The lowest BCUT2D eigenvalue weighted by molar-refractivity contribution is -0.136. The van der Waals surface area contributed by atoms with Crippen LogP contribution in [-0.2, 0) is 11.2 Å². The summed E-state index contributed by atoms with van der Waals surface area (Å²) in [6, 6.07) is 6.85. The Morgan fingerprint density at radius 1 is 1.53 bits per heavy atom. The van der Waals surface area contributed by atoms with Crippen molar-refractivity contribution in [2.75, 3.05) is 6.61 Å². The minimum atomic E-state index is -0.873. The van der Waals surface area contributed by atoms with E-state index in [1.54, 1.807) is 31.2 Å². The van der Waals surface area contributed by atoms with E-state index in [1.807, 2.05) is 0 Å². The average molecular weight is 210 g/mol. The molecule has 0 spiro atoms. The number of hydrogen-bond donors (Lipinski definition) is 2.